The Morgan fingerprint density at radius 3 is 2.38 bits per heavy atom. The van der Waals surface area contributed by atoms with E-state index >= 15 is 0 Å². The van der Waals surface area contributed by atoms with E-state index in [1.54, 1.807) is 36.4 Å². The van der Waals surface area contributed by atoms with Crippen molar-refractivity contribution in [3.63, 3.8) is 0 Å². The Morgan fingerprint density at radius 1 is 1.12 bits per heavy atom. The van der Waals surface area contributed by atoms with Crippen LogP contribution < -0.4 is 10.0 Å². The van der Waals surface area contributed by atoms with Gasteiger partial charge in [0.05, 0.1) is 21.3 Å². The minimum atomic E-state index is -3.69. The number of rotatable bonds is 6. The van der Waals surface area contributed by atoms with Gasteiger partial charge in [0.15, 0.2) is 0 Å². The van der Waals surface area contributed by atoms with E-state index in [4.69, 9.17) is 11.6 Å². The maximum atomic E-state index is 12.3. The number of hydrogen-bond donors (Lipinski definition) is 2. The van der Waals surface area contributed by atoms with Crippen LogP contribution in [0.3, 0.4) is 0 Å². The summed E-state index contributed by atoms with van der Waals surface area (Å²) in [6.07, 6.45) is 1.13. The van der Waals surface area contributed by atoms with Gasteiger partial charge in [0, 0.05) is 6.42 Å². The van der Waals surface area contributed by atoms with E-state index in [-0.39, 0.29) is 15.8 Å². The maximum absolute atomic E-state index is 12.3. The molecule has 24 heavy (non-hydrogen) atoms. The van der Waals surface area contributed by atoms with Crippen molar-refractivity contribution < 1.29 is 13.2 Å². The number of amides is 1. The Hall–Kier alpha value is -2.05. The molecule has 0 spiro atoms. The van der Waals surface area contributed by atoms with Crippen LogP contribution in [0.5, 0.6) is 0 Å². The number of aryl methyl sites for hydroxylation is 1. The summed E-state index contributed by atoms with van der Waals surface area (Å²) in [5.41, 5.74) is 1.76. The van der Waals surface area contributed by atoms with Gasteiger partial charge in [-0.25, -0.2) is 8.42 Å². The summed E-state index contributed by atoms with van der Waals surface area (Å²) in [5.74, 6) is -0.132. The second-order valence-corrected chi connectivity index (χ2v) is 7.50. The fourth-order valence-corrected chi connectivity index (χ4v) is 3.33. The smallest absolute Gasteiger partial charge is 0.261 e. The highest BCUT2D eigenvalue weighted by atomic mass is 35.5. The van der Waals surface area contributed by atoms with Crippen LogP contribution in [0, 0.1) is 6.92 Å². The third kappa shape index (κ3) is 4.72. The quantitative estimate of drug-likeness (QED) is 0.804. The molecule has 0 aromatic heterocycles. The maximum Gasteiger partial charge on any atom is 0.261 e. The number of carbonyl (C=O) groups excluding carboxylic acids is 1. The van der Waals surface area contributed by atoms with Crippen LogP contribution in [0.1, 0.15) is 25.3 Å². The van der Waals surface area contributed by atoms with Gasteiger partial charge in [0.25, 0.3) is 10.0 Å². The van der Waals surface area contributed by atoms with Crippen molar-refractivity contribution in [2.24, 2.45) is 0 Å². The van der Waals surface area contributed by atoms with Crippen molar-refractivity contribution in [1.82, 2.24) is 0 Å². The van der Waals surface area contributed by atoms with Gasteiger partial charge in [-0.15, -0.1) is 0 Å². The second kappa shape index (κ2) is 7.68. The number of sulfonamides is 1. The second-order valence-electron chi connectivity index (χ2n) is 5.41. The molecule has 7 heteroatoms. The average molecular weight is 367 g/mol. The summed E-state index contributed by atoms with van der Waals surface area (Å²) in [5, 5.41) is 2.96. The predicted octanol–water partition coefficient (Wildman–Crippen LogP) is 4.19. The first-order valence-corrected chi connectivity index (χ1v) is 9.37. The van der Waals surface area contributed by atoms with E-state index in [2.05, 4.69) is 10.0 Å². The topological polar surface area (TPSA) is 75.3 Å². The average Bonchev–Trinajstić information content (AvgIpc) is 2.50. The number of benzene rings is 2. The minimum Gasteiger partial charge on any atom is -0.325 e. The summed E-state index contributed by atoms with van der Waals surface area (Å²) >= 11 is 6.12. The molecule has 2 N–H and O–H groups in total. The van der Waals surface area contributed by atoms with E-state index in [1.165, 1.54) is 6.07 Å². The zero-order valence-corrected chi connectivity index (χ0v) is 15.0. The highest BCUT2D eigenvalue weighted by molar-refractivity contribution is 7.92. The number of nitrogens with one attached hydrogen (secondary N) is 2. The van der Waals surface area contributed by atoms with Crippen molar-refractivity contribution in [1.29, 1.82) is 0 Å². The lowest BCUT2D eigenvalue weighted by molar-refractivity contribution is -0.116. The number of hydrogen-bond acceptors (Lipinski definition) is 3. The lowest BCUT2D eigenvalue weighted by atomic mass is 10.2. The van der Waals surface area contributed by atoms with Crippen LogP contribution in [-0.2, 0) is 14.8 Å². The minimum absolute atomic E-state index is 0.132. The highest BCUT2D eigenvalue weighted by Crippen LogP contribution is 2.27. The zero-order valence-electron chi connectivity index (χ0n) is 13.5. The molecule has 2 aromatic rings. The molecule has 0 heterocycles. The standard InChI is InChI=1S/C17H19ClN2O3S/c1-3-4-17(21)19-16-10-7-13(11-15(16)18)20-24(22,23)14-8-5-12(2)6-9-14/h5-11,20H,3-4H2,1-2H3,(H,19,21). The normalized spacial score (nSPS) is 11.1. The van der Waals surface area contributed by atoms with Crippen LogP contribution in [0.15, 0.2) is 47.4 Å². The summed E-state index contributed by atoms with van der Waals surface area (Å²) in [6, 6.07) is 11.1. The predicted molar refractivity (Wildman–Crippen MR) is 97.0 cm³/mol. The van der Waals surface area contributed by atoms with Gasteiger partial charge in [-0.05, 0) is 43.7 Å². The molecule has 0 fully saturated rings. The lowest BCUT2D eigenvalue weighted by Gasteiger charge is -2.11. The molecule has 2 rings (SSSR count). The van der Waals surface area contributed by atoms with E-state index in [0.29, 0.717) is 17.8 Å². The van der Waals surface area contributed by atoms with E-state index in [1.807, 2.05) is 13.8 Å². The SMILES string of the molecule is CCCC(=O)Nc1ccc(NS(=O)(=O)c2ccc(C)cc2)cc1Cl. The van der Waals surface area contributed by atoms with Crippen LogP contribution >= 0.6 is 11.6 Å². The molecule has 5 nitrogen and oxygen atoms in total. The van der Waals surface area contributed by atoms with Gasteiger partial charge < -0.3 is 5.32 Å². The monoisotopic (exact) mass is 366 g/mol. The van der Waals surface area contributed by atoms with Gasteiger partial charge in [0.2, 0.25) is 5.91 Å². The van der Waals surface area contributed by atoms with Crippen molar-refractivity contribution in [2.45, 2.75) is 31.6 Å². The molecule has 0 atom stereocenters. The molecule has 1 amide bonds. The van der Waals surface area contributed by atoms with Gasteiger partial charge in [-0.3, -0.25) is 9.52 Å². The summed E-state index contributed by atoms with van der Waals surface area (Å²) < 4.78 is 27.2. The Bertz CT molecular complexity index is 833. The van der Waals surface area contributed by atoms with Crippen molar-refractivity contribution in [2.75, 3.05) is 10.0 Å². The summed E-state index contributed by atoms with van der Waals surface area (Å²) in [6.45, 7) is 3.79. The largest absolute Gasteiger partial charge is 0.325 e. The Kier molecular flexibility index (Phi) is 5.85. The molecule has 0 aliphatic carbocycles. The van der Waals surface area contributed by atoms with Crippen molar-refractivity contribution in [3.05, 3.63) is 53.1 Å². The molecule has 2 aromatic carbocycles. The third-order valence-corrected chi connectivity index (χ3v) is 5.01. The molecule has 0 unspecified atom stereocenters. The molecule has 0 aliphatic heterocycles. The number of carbonyl (C=O) groups is 1. The fraction of sp³-hybridized carbons (Fsp3) is 0.235. The van der Waals surface area contributed by atoms with Crippen molar-refractivity contribution in [3.8, 4) is 0 Å². The molecule has 128 valence electrons. The van der Waals surface area contributed by atoms with Crippen LogP contribution in [0.25, 0.3) is 0 Å². The fourth-order valence-electron chi connectivity index (χ4n) is 2.05. The molecular weight excluding hydrogens is 348 g/mol. The summed E-state index contributed by atoms with van der Waals surface area (Å²) in [7, 11) is -3.69. The first-order valence-electron chi connectivity index (χ1n) is 7.50. The summed E-state index contributed by atoms with van der Waals surface area (Å²) in [4.78, 5) is 11.8. The van der Waals surface area contributed by atoms with Gasteiger partial charge in [0.1, 0.15) is 0 Å². The van der Waals surface area contributed by atoms with Gasteiger partial charge in [-0.2, -0.15) is 0 Å². The first kappa shape index (κ1) is 18.3. The molecule has 0 bridgehead atoms. The number of halogens is 1. The van der Waals surface area contributed by atoms with Crippen LogP contribution in [0.4, 0.5) is 11.4 Å². The Labute approximate surface area is 147 Å². The van der Waals surface area contributed by atoms with Crippen molar-refractivity contribution >= 4 is 38.9 Å². The molecule has 0 radical (unpaired) electrons. The zero-order chi connectivity index (χ0) is 17.7. The van der Waals surface area contributed by atoms with Gasteiger partial charge in [-0.1, -0.05) is 36.2 Å². The third-order valence-electron chi connectivity index (χ3n) is 3.30. The molecular formula is C17H19ClN2O3S. The molecule has 0 saturated heterocycles. The first-order chi connectivity index (χ1) is 11.3. The Morgan fingerprint density at radius 2 is 1.79 bits per heavy atom. The Balaban J connectivity index is 2.17. The number of anilines is 2. The van der Waals surface area contributed by atoms with E-state index in [0.717, 1.165) is 12.0 Å². The molecule has 0 aliphatic rings. The van der Waals surface area contributed by atoms with E-state index in [9.17, 15) is 13.2 Å². The molecule has 0 saturated carbocycles. The van der Waals surface area contributed by atoms with Crippen LogP contribution in [0.2, 0.25) is 5.02 Å². The van der Waals surface area contributed by atoms with E-state index < -0.39 is 10.0 Å². The lowest BCUT2D eigenvalue weighted by Crippen LogP contribution is -2.14. The van der Waals surface area contributed by atoms with Crippen LogP contribution in [-0.4, -0.2) is 14.3 Å². The highest BCUT2D eigenvalue weighted by Gasteiger charge is 2.15. The van der Waals surface area contributed by atoms with Gasteiger partial charge >= 0.3 is 0 Å².